The van der Waals surface area contributed by atoms with Crippen molar-refractivity contribution in [2.45, 2.75) is 17.9 Å². The summed E-state index contributed by atoms with van der Waals surface area (Å²) >= 11 is 0. The van der Waals surface area contributed by atoms with E-state index in [0.29, 0.717) is 11.4 Å². The first-order valence-corrected chi connectivity index (χ1v) is 8.28. The number of hydrogen-bond donors (Lipinski definition) is 2. The van der Waals surface area contributed by atoms with Gasteiger partial charge in [0.1, 0.15) is 5.82 Å². The lowest BCUT2D eigenvalue weighted by molar-refractivity contribution is 0.602. The Kier molecular flexibility index (Phi) is 4.18. The van der Waals surface area contributed by atoms with Crippen LogP contribution in [-0.2, 0) is 9.84 Å². The molecule has 4 nitrogen and oxygen atoms in total. The first-order chi connectivity index (χ1) is 9.77. The lowest BCUT2D eigenvalue weighted by atomic mass is 10.1. The molecule has 0 aliphatic heterocycles. The second-order valence-corrected chi connectivity index (χ2v) is 6.95. The number of rotatable bonds is 4. The third-order valence-electron chi connectivity index (χ3n) is 3.19. The number of nitrogens with two attached hydrogens (primary N) is 1. The van der Waals surface area contributed by atoms with E-state index < -0.39 is 9.84 Å². The van der Waals surface area contributed by atoms with Gasteiger partial charge in [-0.15, -0.1) is 0 Å². The second kappa shape index (κ2) is 5.73. The molecule has 0 spiro atoms. The SMILES string of the molecule is CC(Nc1ccc(S(C)(=O)=O)cc1N)c1ccc(F)cc1. The maximum Gasteiger partial charge on any atom is 0.175 e. The minimum absolute atomic E-state index is 0.0861. The highest BCUT2D eigenvalue weighted by Gasteiger charge is 2.11. The van der Waals surface area contributed by atoms with Gasteiger partial charge in [-0.2, -0.15) is 0 Å². The zero-order valence-electron chi connectivity index (χ0n) is 11.8. The number of sulfone groups is 1. The predicted molar refractivity (Wildman–Crippen MR) is 82.4 cm³/mol. The van der Waals surface area contributed by atoms with Crippen molar-refractivity contribution in [2.75, 3.05) is 17.3 Å². The van der Waals surface area contributed by atoms with E-state index in [4.69, 9.17) is 5.73 Å². The summed E-state index contributed by atoms with van der Waals surface area (Å²) in [5.41, 5.74) is 7.78. The van der Waals surface area contributed by atoms with Crippen LogP contribution in [0.2, 0.25) is 0 Å². The van der Waals surface area contributed by atoms with Gasteiger partial charge >= 0.3 is 0 Å². The van der Waals surface area contributed by atoms with Gasteiger partial charge in [0, 0.05) is 12.3 Å². The molecule has 2 rings (SSSR count). The van der Waals surface area contributed by atoms with Crippen LogP contribution in [0.1, 0.15) is 18.5 Å². The molecule has 0 saturated heterocycles. The average Bonchev–Trinajstić information content (AvgIpc) is 2.40. The fourth-order valence-corrected chi connectivity index (χ4v) is 2.63. The van der Waals surface area contributed by atoms with Gasteiger partial charge in [-0.25, -0.2) is 12.8 Å². The maximum absolute atomic E-state index is 12.9. The summed E-state index contributed by atoms with van der Waals surface area (Å²) in [6.45, 7) is 1.91. The zero-order valence-corrected chi connectivity index (χ0v) is 12.6. The quantitative estimate of drug-likeness (QED) is 0.852. The molecule has 112 valence electrons. The van der Waals surface area contributed by atoms with Crippen LogP contribution in [0.25, 0.3) is 0 Å². The Morgan fingerprint density at radius 3 is 2.29 bits per heavy atom. The Hall–Kier alpha value is -2.08. The summed E-state index contributed by atoms with van der Waals surface area (Å²) in [4.78, 5) is 0.181. The summed E-state index contributed by atoms with van der Waals surface area (Å²) < 4.78 is 35.8. The van der Waals surface area contributed by atoms with E-state index in [2.05, 4.69) is 5.32 Å². The highest BCUT2D eigenvalue weighted by atomic mass is 32.2. The van der Waals surface area contributed by atoms with Crippen molar-refractivity contribution in [2.24, 2.45) is 0 Å². The molecule has 1 unspecified atom stereocenters. The van der Waals surface area contributed by atoms with Crippen LogP contribution in [-0.4, -0.2) is 14.7 Å². The monoisotopic (exact) mass is 308 g/mol. The van der Waals surface area contributed by atoms with Gasteiger partial charge in [-0.3, -0.25) is 0 Å². The van der Waals surface area contributed by atoms with E-state index >= 15 is 0 Å². The van der Waals surface area contributed by atoms with Gasteiger partial charge in [0.25, 0.3) is 0 Å². The summed E-state index contributed by atoms with van der Waals surface area (Å²) in [6.07, 6.45) is 1.13. The largest absolute Gasteiger partial charge is 0.397 e. The molecule has 1 atom stereocenters. The van der Waals surface area contributed by atoms with Crippen molar-refractivity contribution >= 4 is 21.2 Å². The lowest BCUT2D eigenvalue weighted by Gasteiger charge is -2.17. The van der Waals surface area contributed by atoms with Crippen molar-refractivity contribution in [1.82, 2.24) is 0 Å². The topological polar surface area (TPSA) is 72.2 Å². The summed E-state index contributed by atoms with van der Waals surface area (Å²) in [7, 11) is -3.28. The van der Waals surface area contributed by atoms with E-state index in [-0.39, 0.29) is 16.8 Å². The minimum atomic E-state index is -3.28. The molecule has 0 saturated carbocycles. The molecule has 0 heterocycles. The summed E-state index contributed by atoms with van der Waals surface area (Å²) in [5, 5.41) is 3.18. The molecule has 0 amide bonds. The minimum Gasteiger partial charge on any atom is -0.397 e. The molecule has 3 N–H and O–H groups in total. The fraction of sp³-hybridized carbons (Fsp3) is 0.200. The van der Waals surface area contributed by atoms with E-state index in [9.17, 15) is 12.8 Å². The molecular weight excluding hydrogens is 291 g/mol. The molecule has 2 aromatic rings. The molecule has 0 radical (unpaired) electrons. The second-order valence-electron chi connectivity index (χ2n) is 4.94. The van der Waals surface area contributed by atoms with Crippen LogP contribution in [0.3, 0.4) is 0 Å². The van der Waals surface area contributed by atoms with E-state index in [1.54, 1.807) is 18.2 Å². The molecule has 0 bridgehead atoms. The lowest BCUT2D eigenvalue weighted by Crippen LogP contribution is -2.09. The molecule has 6 heteroatoms. The Bertz CT molecular complexity index is 743. The third kappa shape index (κ3) is 3.72. The van der Waals surface area contributed by atoms with E-state index in [1.807, 2.05) is 6.92 Å². The molecule has 0 aromatic heterocycles. The summed E-state index contributed by atoms with van der Waals surface area (Å²) in [5.74, 6) is -0.289. The number of anilines is 2. The van der Waals surface area contributed by atoms with Gasteiger partial charge in [0.15, 0.2) is 9.84 Å². The average molecular weight is 308 g/mol. The van der Waals surface area contributed by atoms with Gasteiger partial charge < -0.3 is 11.1 Å². The van der Waals surface area contributed by atoms with Gasteiger partial charge in [-0.05, 0) is 42.8 Å². The van der Waals surface area contributed by atoms with Crippen LogP contribution in [0.15, 0.2) is 47.4 Å². The van der Waals surface area contributed by atoms with Gasteiger partial charge in [0.05, 0.1) is 16.3 Å². The maximum atomic E-state index is 12.9. The van der Waals surface area contributed by atoms with Crippen molar-refractivity contribution in [1.29, 1.82) is 0 Å². The highest BCUT2D eigenvalue weighted by Crippen LogP contribution is 2.26. The molecule has 2 aromatic carbocycles. The van der Waals surface area contributed by atoms with Crippen LogP contribution in [0, 0.1) is 5.82 Å². The number of halogens is 1. The Morgan fingerprint density at radius 2 is 1.76 bits per heavy atom. The number of nitrogens with one attached hydrogen (secondary N) is 1. The summed E-state index contributed by atoms with van der Waals surface area (Å²) in [6, 6.07) is 10.6. The van der Waals surface area contributed by atoms with Crippen molar-refractivity contribution in [3.05, 3.63) is 53.8 Å². The van der Waals surface area contributed by atoms with Crippen LogP contribution in [0.5, 0.6) is 0 Å². The smallest absolute Gasteiger partial charge is 0.175 e. The molecular formula is C15H17FN2O2S. The Labute approximate surface area is 123 Å². The normalized spacial score (nSPS) is 12.9. The van der Waals surface area contributed by atoms with Crippen LogP contribution >= 0.6 is 0 Å². The van der Waals surface area contributed by atoms with Gasteiger partial charge in [-0.1, -0.05) is 12.1 Å². The highest BCUT2D eigenvalue weighted by molar-refractivity contribution is 7.90. The van der Waals surface area contributed by atoms with Crippen LogP contribution < -0.4 is 11.1 Å². The molecule has 21 heavy (non-hydrogen) atoms. The Morgan fingerprint density at radius 1 is 1.14 bits per heavy atom. The van der Waals surface area contributed by atoms with Crippen molar-refractivity contribution < 1.29 is 12.8 Å². The number of nitrogen functional groups attached to an aromatic ring is 1. The molecule has 0 aliphatic rings. The van der Waals surface area contributed by atoms with Crippen molar-refractivity contribution in [3.8, 4) is 0 Å². The standard InChI is InChI=1S/C15H17FN2O2S/c1-10(11-3-5-12(16)6-4-11)18-15-8-7-13(9-14(15)17)21(2,19)20/h3-10,18H,17H2,1-2H3. The predicted octanol–water partition coefficient (Wildman–Crippen LogP) is 2.98. The first-order valence-electron chi connectivity index (χ1n) is 6.39. The van der Waals surface area contributed by atoms with Crippen LogP contribution in [0.4, 0.5) is 15.8 Å². The Balaban J connectivity index is 2.22. The molecule has 0 fully saturated rings. The zero-order chi connectivity index (χ0) is 15.6. The fourth-order valence-electron chi connectivity index (χ4n) is 1.97. The van der Waals surface area contributed by atoms with E-state index in [0.717, 1.165) is 11.8 Å². The number of benzene rings is 2. The number of hydrogen-bond acceptors (Lipinski definition) is 4. The molecule has 0 aliphatic carbocycles. The van der Waals surface area contributed by atoms with Gasteiger partial charge in [0.2, 0.25) is 0 Å². The first kappa shape index (κ1) is 15.3. The van der Waals surface area contributed by atoms with E-state index in [1.165, 1.54) is 24.3 Å². The van der Waals surface area contributed by atoms with Crippen molar-refractivity contribution in [3.63, 3.8) is 0 Å². The third-order valence-corrected chi connectivity index (χ3v) is 4.30.